The lowest BCUT2D eigenvalue weighted by Gasteiger charge is -2.34. The molecule has 6 nitrogen and oxygen atoms in total. The second-order valence-corrected chi connectivity index (χ2v) is 6.88. The van der Waals surface area contributed by atoms with Crippen LogP contribution in [-0.4, -0.2) is 56.4 Å². The highest BCUT2D eigenvalue weighted by atomic mass is 16.2. The van der Waals surface area contributed by atoms with E-state index >= 15 is 0 Å². The van der Waals surface area contributed by atoms with E-state index in [-0.39, 0.29) is 18.2 Å². The fourth-order valence-corrected chi connectivity index (χ4v) is 3.06. The zero-order valence-corrected chi connectivity index (χ0v) is 15.9. The third-order valence-electron chi connectivity index (χ3n) is 4.74. The highest BCUT2D eigenvalue weighted by Gasteiger charge is 2.14. The van der Waals surface area contributed by atoms with E-state index in [2.05, 4.69) is 27.5 Å². The number of amides is 1. The van der Waals surface area contributed by atoms with Gasteiger partial charge in [0.2, 0.25) is 5.91 Å². The Morgan fingerprint density at radius 1 is 0.963 bits per heavy atom. The molecule has 1 aliphatic rings. The van der Waals surface area contributed by atoms with Crippen molar-refractivity contribution in [1.82, 2.24) is 4.90 Å². The van der Waals surface area contributed by atoms with Gasteiger partial charge in [0.25, 0.3) is 0 Å². The number of likely N-dealkylation sites (N-methyl/N-ethyl adjacent to an activating group) is 1. The molecule has 1 saturated heterocycles. The largest absolute Gasteiger partial charge is 0.376 e. The van der Waals surface area contributed by atoms with Crippen LogP contribution in [0.25, 0.3) is 0 Å². The summed E-state index contributed by atoms with van der Waals surface area (Å²) < 4.78 is 0. The summed E-state index contributed by atoms with van der Waals surface area (Å²) in [7, 11) is 2.14. The third-order valence-corrected chi connectivity index (χ3v) is 4.74. The predicted octanol–water partition coefficient (Wildman–Crippen LogP) is 2.69. The van der Waals surface area contributed by atoms with Gasteiger partial charge < -0.3 is 20.4 Å². The molecule has 1 heterocycles. The van der Waals surface area contributed by atoms with E-state index in [1.807, 2.05) is 30.3 Å². The quantitative estimate of drug-likeness (QED) is 0.770. The van der Waals surface area contributed by atoms with Crippen molar-refractivity contribution < 1.29 is 9.59 Å². The van der Waals surface area contributed by atoms with Gasteiger partial charge >= 0.3 is 0 Å². The highest BCUT2D eigenvalue weighted by Crippen LogP contribution is 2.19. The first kappa shape index (κ1) is 18.9. The lowest BCUT2D eigenvalue weighted by molar-refractivity contribution is -0.114. The standard InChI is InChI=1S/C21H26N4O2/c1-16(26)17-4-3-5-19(14-17)22-15-21(27)23-18-6-8-20(9-7-18)25-12-10-24(2)11-13-25/h3-9,14,22H,10-13,15H2,1-2H3,(H,23,27). The summed E-state index contributed by atoms with van der Waals surface area (Å²) in [6, 6.07) is 15.1. The van der Waals surface area contributed by atoms with Crippen molar-refractivity contribution in [2.45, 2.75) is 6.92 Å². The Hall–Kier alpha value is -2.86. The number of piperazine rings is 1. The summed E-state index contributed by atoms with van der Waals surface area (Å²) in [5.41, 5.74) is 3.33. The maximum atomic E-state index is 12.2. The van der Waals surface area contributed by atoms with Crippen LogP contribution in [0.5, 0.6) is 0 Å². The summed E-state index contributed by atoms with van der Waals surface area (Å²) in [6.07, 6.45) is 0. The van der Waals surface area contributed by atoms with Gasteiger partial charge in [-0.15, -0.1) is 0 Å². The average molecular weight is 366 g/mol. The zero-order chi connectivity index (χ0) is 19.2. The molecule has 0 aliphatic carbocycles. The van der Waals surface area contributed by atoms with Crippen LogP contribution in [0.4, 0.5) is 17.1 Å². The number of rotatable bonds is 6. The van der Waals surface area contributed by atoms with Crippen molar-refractivity contribution in [3.8, 4) is 0 Å². The van der Waals surface area contributed by atoms with E-state index in [9.17, 15) is 9.59 Å². The number of benzene rings is 2. The van der Waals surface area contributed by atoms with Gasteiger partial charge in [-0.1, -0.05) is 12.1 Å². The minimum absolute atomic E-state index is 0.00328. The number of anilines is 3. The summed E-state index contributed by atoms with van der Waals surface area (Å²) in [4.78, 5) is 28.3. The molecule has 0 aromatic heterocycles. The topological polar surface area (TPSA) is 64.7 Å². The number of carbonyl (C=O) groups is 2. The Kier molecular flexibility index (Phi) is 6.08. The number of Topliss-reactive ketones (excluding diaryl/α,β-unsaturated/α-hetero) is 1. The van der Waals surface area contributed by atoms with E-state index in [0.717, 1.165) is 37.6 Å². The van der Waals surface area contributed by atoms with Gasteiger partial charge in [-0.3, -0.25) is 9.59 Å². The molecule has 0 saturated carbocycles. The number of carbonyl (C=O) groups excluding carboxylic acids is 2. The summed E-state index contributed by atoms with van der Waals surface area (Å²) in [6.45, 7) is 5.83. The van der Waals surface area contributed by atoms with Gasteiger partial charge in [0.15, 0.2) is 5.78 Å². The zero-order valence-electron chi connectivity index (χ0n) is 15.9. The van der Waals surface area contributed by atoms with Gasteiger partial charge in [-0.05, 0) is 50.4 Å². The summed E-state index contributed by atoms with van der Waals surface area (Å²) >= 11 is 0. The fourth-order valence-electron chi connectivity index (χ4n) is 3.06. The maximum Gasteiger partial charge on any atom is 0.243 e. The summed E-state index contributed by atoms with van der Waals surface area (Å²) in [5, 5.41) is 5.94. The Morgan fingerprint density at radius 3 is 2.33 bits per heavy atom. The van der Waals surface area contributed by atoms with Crippen molar-refractivity contribution in [2.24, 2.45) is 0 Å². The lowest BCUT2D eigenvalue weighted by atomic mass is 10.1. The van der Waals surface area contributed by atoms with Crippen LogP contribution in [0.15, 0.2) is 48.5 Å². The first-order valence-electron chi connectivity index (χ1n) is 9.19. The van der Waals surface area contributed by atoms with Crippen molar-refractivity contribution in [1.29, 1.82) is 0 Å². The van der Waals surface area contributed by atoms with E-state index < -0.39 is 0 Å². The molecule has 2 aromatic rings. The SMILES string of the molecule is CC(=O)c1cccc(NCC(=O)Nc2ccc(N3CCN(C)CC3)cc2)c1. The molecular weight excluding hydrogens is 340 g/mol. The van der Waals surface area contributed by atoms with Crippen molar-refractivity contribution in [3.63, 3.8) is 0 Å². The van der Waals surface area contributed by atoms with Crippen LogP contribution >= 0.6 is 0 Å². The molecule has 27 heavy (non-hydrogen) atoms. The Balaban J connectivity index is 1.50. The van der Waals surface area contributed by atoms with Gasteiger partial charge in [0.05, 0.1) is 6.54 Å². The van der Waals surface area contributed by atoms with Crippen LogP contribution in [0.3, 0.4) is 0 Å². The third kappa shape index (κ3) is 5.31. The molecule has 142 valence electrons. The first-order valence-corrected chi connectivity index (χ1v) is 9.19. The Morgan fingerprint density at radius 2 is 1.67 bits per heavy atom. The van der Waals surface area contributed by atoms with Crippen LogP contribution in [0.1, 0.15) is 17.3 Å². The average Bonchev–Trinajstić information content (AvgIpc) is 2.68. The van der Waals surface area contributed by atoms with Crippen molar-refractivity contribution >= 4 is 28.8 Å². The summed E-state index contributed by atoms with van der Waals surface area (Å²) in [5.74, 6) is -0.126. The van der Waals surface area contributed by atoms with E-state index in [0.29, 0.717) is 5.56 Å². The van der Waals surface area contributed by atoms with Gasteiger partial charge in [-0.2, -0.15) is 0 Å². The molecule has 1 aliphatic heterocycles. The van der Waals surface area contributed by atoms with Crippen LogP contribution in [-0.2, 0) is 4.79 Å². The minimum atomic E-state index is -0.129. The molecule has 0 unspecified atom stereocenters. The molecule has 1 fully saturated rings. The second kappa shape index (κ2) is 8.68. The minimum Gasteiger partial charge on any atom is -0.376 e. The number of nitrogens with zero attached hydrogens (tertiary/aromatic N) is 2. The highest BCUT2D eigenvalue weighted by molar-refractivity contribution is 5.96. The normalized spacial score (nSPS) is 14.7. The molecule has 3 rings (SSSR count). The molecule has 1 amide bonds. The van der Waals surface area contributed by atoms with E-state index in [1.165, 1.54) is 12.6 Å². The van der Waals surface area contributed by atoms with E-state index in [4.69, 9.17) is 0 Å². The molecule has 2 N–H and O–H groups in total. The fraction of sp³-hybridized carbons (Fsp3) is 0.333. The lowest BCUT2D eigenvalue weighted by Crippen LogP contribution is -2.44. The number of ketones is 1. The molecule has 0 atom stereocenters. The van der Waals surface area contributed by atoms with Gasteiger partial charge in [-0.25, -0.2) is 0 Å². The Labute approximate surface area is 160 Å². The van der Waals surface area contributed by atoms with Crippen LogP contribution in [0, 0.1) is 0 Å². The number of hydrogen-bond acceptors (Lipinski definition) is 5. The van der Waals surface area contributed by atoms with Crippen LogP contribution in [0.2, 0.25) is 0 Å². The molecule has 6 heteroatoms. The van der Waals surface area contributed by atoms with Crippen molar-refractivity contribution in [2.75, 3.05) is 55.3 Å². The number of nitrogens with one attached hydrogen (secondary N) is 2. The Bertz CT molecular complexity index is 796. The van der Waals surface area contributed by atoms with Gasteiger partial charge in [0.1, 0.15) is 0 Å². The monoisotopic (exact) mass is 366 g/mol. The maximum absolute atomic E-state index is 12.2. The smallest absolute Gasteiger partial charge is 0.243 e. The van der Waals surface area contributed by atoms with Crippen LogP contribution < -0.4 is 15.5 Å². The predicted molar refractivity (Wildman–Crippen MR) is 110 cm³/mol. The number of hydrogen-bond donors (Lipinski definition) is 2. The molecule has 2 aromatic carbocycles. The molecule has 0 bridgehead atoms. The van der Waals surface area contributed by atoms with E-state index in [1.54, 1.807) is 18.2 Å². The molecule has 0 radical (unpaired) electrons. The van der Waals surface area contributed by atoms with Crippen molar-refractivity contribution in [3.05, 3.63) is 54.1 Å². The van der Waals surface area contributed by atoms with Gasteiger partial charge in [0, 0.05) is 48.8 Å². The second-order valence-electron chi connectivity index (χ2n) is 6.88. The molecule has 0 spiro atoms. The molecular formula is C21H26N4O2. The first-order chi connectivity index (χ1) is 13.0.